The fraction of sp³-hybridized carbons (Fsp3) is 0.346. The predicted molar refractivity (Wildman–Crippen MR) is 129 cm³/mol. The number of cyclic esters (lactones) is 1. The Morgan fingerprint density at radius 3 is 2.49 bits per heavy atom. The number of anilines is 1. The summed E-state index contributed by atoms with van der Waals surface area (Å²) in [6.45, 7) is 4.70. The molecule has 0 aromatic heterocycles. The Labute approximate surface area is 203 Å². The van der Waals surface area contributed by atoms with E-state index in [2.05, 4.69) is 22.3 Å². The highest BCUT2D eigenvalue weighted by Crippen LogP contribution is 2.38. The molecular formula is C26H28N4O5. The molecule has 1 atom stereocenters. The summed E-state index contributed by atoms with van der Waals surface area (Å²) in [5, 5.41) is 2.89. The zero-order valence-electron chi connectivity index (χ0n) is 19.6. The number of hydrogen-bond acceptors (Lipinski definition) is 6. The quantitative estimate of drug-likeness (QED) is 0.644. The predicted octanol–water partition coefficient (Wildman–Crippen LogP) is 2.31. The third kappa shape index (κ3) is 4.41. The summed E-state index contributed by atoms with van der Waals surface area (Å²) in [7, 11) is 0. The largest absolute Gasteiger partial charge is 0.494 e. The highest BCUT2D eigenvalue weighted by molar-refractivity contribution is 5.98. The molecule has 35 heavy (non-hydrogen) atoms. The summed E-state index contributed by atoms with van der Waals surface area (Å²) in [4.78, 5) is 44.3. The summed E-state index contributed by atoms with van der Waals surface area (Å²) < 4.78 is 11.0. The van der Waals surface area contributed by atoms with E-state index in [1.165, 1.54) is 4.90 Å². The first kappa shape index (κ1) is 22.8. The normalized spacial score (nSPS) is 19.9. The van der Waals surface area contributed by atoms with Gasteiger partial charge in [0.2, 0.25) is 5.91 Å². The van der Waals surface area contributed by atoms with Crippen molar-refractivity contribution in [2.75, 3.05) is 50.8 Å². The Morgan fingerprint density at radius 1 is 1.03 bits per heavy atom. The number of rotatable bonds is 6. The first-order valence-electron chi connectivity index (χ1n) is 11.8. The van der Waals surface area contributed by atoms with Gasteiger partial charge in [0.25, 0.3) is 0 Å². The number of esters is 1. The second kappa shape index (κ2) is 9.69. The van der Waals surface area contributed by atoms with Crippen LogP contribution in [-0.4, -0.2) is 73.6 Å². The van der Waals surface area contributed by atoms with E-state index in [0.29, 0.717) is 55.4 Å². The number of ether oxygens (including phenoxy) is 2. The van der Waals surface area contributed by atoms with E-state index in [-0.39, 0.29) is 19.1 Å². The van der Waals surface area contributed by atoms with Gasteiger partial charge in [-0.05, 0) is 25.1 Å². The standard InChI is InChI=1S/C26H28N4O5/c1-2-34-21-11-7-6-10-19(21)24-23-20(17-35-25(23)32)30(26(33)27-24)16-22(31)29-14-12-28(13-15-29)18-8-4-3-5-9-18/h3-11,24H,2,12-17H2,1H3,(H,27,33). The van der Waals surface area contributed by atoms with E-state index in [9.17, 15) is 14.4 Å². The summed E-state index contributed by atoms with van der Waals surface area (Å²) in [5.41, 5.74) is 2.59. The number of nitrogens with zero attached hydrogens (tertiary/aromatic N) is 3. The first-order valence-corrected chi connectivity index (χ1v) is 11.8. The highest BCUT2D eigenvalue weighted by Gasteiger charge is 2.44. The maximum Gasteiger partial charge on any atom is 0.338 e. The van der Waals surface area contributed by atoms with Gasteiger partial charge in [-0.15, -0.1) is 0 Å². The number of benzene rings is 2. The Bertz CT molecular complexity index is 1160. The molecule has 2 aromatic rings. The van der Waals surface area contributed by atoms with Crippen LogP contribution in [0.25, 0.3) is 0 Å². The van der Waals surface area contributed by atoms with Crippen molar-refractivity contribution in [3.63, 3.8) is 0 Å². The molecule has 1 fully saturated rings. The number of urea groups is 1. The van der Waals surface area contributed by atoms with Gasteiger partial charge in [0.1, 0.15) is 18.9 Å². The SMILES string of the molecule is CCOc1ccccc1C1NC(=O)N(CC(=O)N2CCN(c3ccccc3)CC2)C2=C1C(=O)OC2. The smallest absolute Gasteiger partial charge is 0.338 e. The number of nitrogens with one attached hydrogen (secondary N) is 1. The number of hydrogen-bond donors (Lipinski definition) is 1. The van der Waals surface area contributed by atoms with Crippen LogP contribution in [0.1, 0.15) is 18.5 Å². The molecule has 1 N–H and O–H groups in total. The minimum Gasteiger partial charge on any atom is -0.494 e. The van der Waals surface area contributed by atoms with E-state index in [1.807, 2.05) is 43.3 Å². The molecule has 182 valence electrons. The average Bonchev–Trinajstić information content (AvgIpc) is 3.28. The lowest BCUT2D eigenvalue weighted by Gasteiger charge is -2.38. The number of para-hydroxylation sites is 2. The number of carbonyl (C=O) groups excluding carboxylic acids is 3. The zero-order valence-corrected chi connectivity index (χ0v) is 19.6. The molecule has 0 bridgehead atoms. The van der Waals surface area contributed by atoms with E-state index in [4.69, 9.17) is 9.47 Å². The number of amides is 3. The monoisotopic (exact) mass is 476 g/mol. The van der Waals surface area contributed by atoms with Crippen LogP contribution in [0.2, 0.25) is 0 Å². The lowest BCUT2D eigenvalue weighted by molar-refractivity contribution is -0.136. The molecule has 3 aliphatic heterocycles. The summed E-state index contributed by atoms with van der Waals surface area (Å²) >= 11 is 0. The van der Waals surface area contributed by atoms with Gasteiger partial charge >= 0.3 is 12.0 Å². The van der Waals surface area contributed by atoms with Crippen LogP contribution in [0, 0.1) is 0 Å². The van der Waals surface area contributed by atoms with Crippen LogP contribution < -0.4 is 15.0 Å². The molecule has 3 aliphatic rings. The Balaban J connectivity index is 1.32. The summed E-state index contributed by atoms with van der Waals surface area (Å²) in [6, 6.07) is 16.2. The van der Waals surface area contributed by atoms with Crippen molar-refractivity contribution in [1.82, 2.24) is 15.1 Å². The van der Waals surface area contributed by atoms with E-state index in [0.717, 1.165) is 5.69 Å². The average molecular weight is 477 g/mol. The van der Waals surface area contributed by atoms with Crippen LogP contribution in [0.3, 0.4) is 0 Å². The summed E-state index contributed by atoms with van der Waals surface area (Å²) in [5.74, 6) is -0.0647. The van der Waals surface area contributed by atoms with Gasteiger partial charge in [0.15, 0.2) is 0 Å². The van der Waals surface area contributed by atoms with Crippen LogP contribution >= 0.6 is 0 Å². The summed E-state index contributed by atoms with van der Waals surface area (Å²) in [6.07, 6.45) is 0. The van der Waals surface area contributed by atoms with Crippen LogP contribution in [-0.2, 0) is 14.3 Å². The minimum atomic E-state index is -0.698. The van der Waals surface area contributed by atoms with Gasteiger partial charge in [-0.1, -0.05) is 36.4 Å². The van der Waals surface area contributed by atoms with Crippen LogP contribution in [0.5, 0.6) is 5.75 Å². The molecule has 1 unspecified atom stereocenters. The molecule has 1 saturated heterocycles. The van der Waals surface area contributed by atoms with E-state index < -0.39 is 18.0 Å². The fourth-order valence-electron chi connectivity index (χ4n) is 4.81. The van der Waals surface area contributed by atoms with Crippen molar-refractivity contribution >= 4 is 23.6 Å². The van der Waals surface area contributed by atoms with Crippen molar-refractivity contribution < 1.29 is 23.9 Å². The zero-order chi connectivity index (χ0) is 24.4. The minimum absolute atomic E-state index is 0.0377. The number of carbonyl (C=O) groups is 3. The maximum atomic E-state index is 13.1. The van der Waals surface area contributed by atoms with Gasteiger partial charge in [-0.25, -0.2) is 9.59 Å². The fourth-order valence-corrected chi connectivity index (χ4v) is 4.81. The molecule has 0 spiro atoms. The van der Waals surface area contributed by atoms with Crippen molar-refractivity contribution in [3.05, 3.63) is 71.4 Å². The highest BCUT2D eigenvalue weighted by atomic mass is 16.5. The third-order valence-corrected chi connectivity index (χ3v) is 6.58. The first-order chi connectivity index (χ1) is 17.1. The molecule has 0 aliphatic carbocycles. The molecular weight excluding hydrogens is 448 g/mol. The van der Waals surface area contributed by atoms with Gasteiger partial charge in [-0.2, -0.15) is 0 Å². The van der Waals surface area contributed by atoms with Crippen LogP contribution in [0.4, 0.5) is 10.5 Å². The van der Waals surface area contributed by atoms with Crippen molar-refractivity contribution in [1.29, 1.82) is 0 Å². The topological polar surface area (TPSA) is 91.4 Å². The van der Waals surface area contributed by atoms with Crippen LogP contribution in [0.15, 0.2) is 65.9 Å². The van der Waals surface area contributed by atoms with Gasteiger partial charge in [0.05, 0.1) is 23.9 Å². The molecule has 3 heterocycles. The molecule has 0 radical (unpaired) electrons. The Hall–Kier alpha value is -4.01. The van der Waals surface area contributed by atoms with Crippen molar-refractivity contribution in [2.45, 2.75) is 13.0 Å². The van der Waals surface area contributed by atoms with E-state index in [1.54, 1.807) is 11.0 Å². The lowest BCUT2D eigenvalue weighted by atomic mass is 9.95. The molecule has 3 amide bonds. The Kier molecular flexibility index (Phi) is 6.31. The number of piperazine rings is 1. The van der Waals surface area contributed by atoms with Crippen molar-refractivity contribution in [2.24, 2.45) is 0 Å². The maximum absolute atomic E-state index is 13.1. The van der Waals surface area contributed by atoms with Gasteiger partial charge in [0, 0.05) is 37.4 Å². The van der Waals surface area contributed by atoms with Crippen molar-refractivity contribution in [3.8, 4) is 5.75 Å². The molecule has 5 rings (SSSR count). The molecule has 9 nitrogen and oxygen atoms in total. The second-order valence-electron chi connectivity index (χ2n) is 8.58. The molecule has 0 saturated carbocycles. The lowest BCUT2D eigenvalue weighted by Crippen LogP contribution is -2.54. The third-order valence-electron chi connectivity index (χ3n) is 6.58. The molecule has 9 heteroatoms. The van der Waals surface area contributed by atoms with Gasteiger partial charge < -0.3 is 24.6 Å². The second-order valence-corrected chi connectivity index (χ2v) is 8.58. The van der Waals surface area contributed by atoms with E-state index >= 15 is 0 Å². The molecule has 2 aromatic carbocycles. The van der Waals surface area contributed by atoms with Gasteiger partial charge in [-0.3, -0.25) is 9.69 Å². The Morgan fingerprint density at radius 2 is 1.74 bits per heavy atom.